The fraction of sp³-hybridized carbons (Fsp3) is 0.618. The summed E-state index contributed by atoms with van der Waals surface area (Å²) in [6, 6.07) is 0. The van der Waals surface area contributed by atoms with Crippen molar-refractivity contribution in [3.8, 4) is 0 Å². The Bertz CT molecular complexity index is 1290. The van der Waals surface area contributed by atoms with Crippen molar-refractivity contribution in [2.24, 2.45) is 0 Å². The second kappa shape index (κ2) is 48.7. The van der Waals surface area contributed by atoms with Gasteiger partial charge in [-0.05, 0) is 77.0 Å². The maximum atomic E-state index is 12.7. The Morgan fingerprint density at radius 1 is 0.361 bits per heavy atom. The topological polar surface area (TPSA) is 78.9 Å². The van der Waals surface area contributed by atoms with Gasteiger partial charge in [0.1, 0.15) is 13.2 Å². The van der Waals surface area contributed by atoms with E-state index in [1.807, 2.05) is 36.5 Å². The third-order valence-corrected chi connectivity index (χ3v) is 9.87. The van der Waals surface area contributed by atoms with Crippen LogP contribution in [-0.4, -0.2) is 37.2 Å². The van der Waals surface area contributed by atoms with E-state index in [9.17, 15) is 14.4 Å². The van der Waals surface area contributed by atoms with Crippen LogP contribution in [0.4, 0.5) is 0 Å². The summed E-state index contributed by atoms with van der Waals surface area (Å²) in [5.74, 6) is -1.02. The second-order valence-electron chi connectivity index (χ2n) is 15.7. The van der Waals surface area contributed by atoms with E-state index in [1.54, 1.807) is 0 Å². The molecule has 0 aromatic carbocycles. The quantitative estimate of drug-likeness (QED) is 0.0200. The Morgan fingerprint density at radius 3 is 1.25 bits per heavy atom. The van der Waals surface area contributed by atoms with E-state index >= 15 is 0 Å². The molecular formula is C55H88O6. The Kier molecular flexibility index (Phi) is 45.6. The number of esters is 3. The third-order valence-electron chi connectivity index (χ3n) is 9.87. The highest BCUT2D eigenvalue weighted by atomic mass is 16.6. The highest BCUT2D eigenvalue weighted by molar-refractivity contribution is 5.71. The third kappa shape index (κ3) is 47.0. The molecule has 0 aromatic heterocycles. The van der Waals surface area contributed by atoms with E-state index < -0.39 is 6.10 Å². The van der Waals surface area contributed by atoms with Crippen molar-refractivity contribution in [2.75, 3.05) is 13.2 Å². The number of rotatable bonds is 42. The highest BCUT2D eigenvalue weighted by Crippen LogP contribution is 2.14. The zero-order chi connectivity index (χ0) is 44.4. The number of hydrogen-bond donors (Lipinski definition) is 0. The summed E-state index contributed by atoms with van der Waals surface area (Å²) >= 11 is 0. The van der Waals surface area contributed by atoms with Gasteiger partial charge in [-0.1, -0.05) is 214 Å². The van der Waals surface area contributed by atoms with Gasteiger partial charge in [0.05, 0.1) is 0 Å². The minimum atomic E-state index is -0.820. The molecule has 1 atom stereocenters. The normalized spacial score (nSPS) is 13.0. The van der Waals surface area contributed by atoms with Crippen LogP contribution in [-0.2, 0) is 28.6 Å². The number of allylic oxidation sites excluding steroid dienone is 18. The average molecular weight is 845 g/mol. The summed E-state index contributed by atoms with van der Waals surface area (Å²) in [6.45, 7) is 6.28. The minimum absolute atomic E-state index is 0.112. The summed E-state index contributed by atoms with van der Waals surface area (Å²) in [5.41, 5.74) is 0. The number of ether oxygens (including phenoxy) is 3. The second-order valence-corrected chi connectivity index (χ2v) is 15.7. The monoisotopic (exact) mass is 845 g/mol. The van der Waals surface area contributed by atoms with Crippen LogP contribution >= 0.6 is 0 Å². The number of carbonyl (C=O) groups is 3. The van der Waals surface area contributed by atoms with Gasteiger partial charge in [0, 0.05) is 19.3 Å². The van der Waals surface area contributed by atoms with Gasteiger partial charge in [0.2, 0.25) is 0 Å². The number of hydrogen-bond acceptors (Lipinski definition) is 6. The van der Waals surface area contributed by atoms with Crippen LogP contribution in [0.2, 0.25) is 0 Å². The van der Waals surface area contributed by atoms with E-state index in [4.69, 9.17) is 14.2 Å². The van der Waals surface area contributed by atoms with Gasteiger partial charge in [-0.2, -0.15) is 0 Å². The molecule has 0 radical (unpaired) electrons. The van der Waals surface area contributed by atoms with Gasteiger partial charge < -0.3 is 14.2 Å². The molecular weight excluding hydrogens is 757 g/mol. The molecule has 0 aliphatic rings. The first-order chi connectivity index (χ1) is 30.0. The molecule has 0 saturated carbocycles. The van der Waals surface area contributed by atoms with Gasteiger partial charge in [-0.15, -0.1) is 0 Å². The van der Waals surface area contributed by atoms with Crippen LogP contribution in [0, 0.1) is 0 Å². The first-order valence-electron chi connectivity index (χ1n) is 24.4. The van der Waals surface area contributed by atoms with Crippen LogP contribution in [0.25, 0.3) is 0 Å². The molecule has 0 aliphatic heterocycles. The highest BCUT2D eigenvalue weighted by Gasteiger charge is 2.19. The van der Waals surface area contributed by atoms with Crippen LogP contribution in [0.15, 0.2) is 109 Å². The van der Waals surface area contributed by atoms with Crippen molar-refractivity contribution < 1.29 is 28.6 Å². The Labute approximate surface area is 374 Å². The lowest BCUT2D eigenvalue weighted by Gasteiger charge is -2.18. The van der Waals surface area contributed by atoms with Crippen LogP contribution in [0.3, 0.4) is 0 Å². The van der Waals surface area contributed by atoms with Gasteiger partial charge in [-0.25, -0.2) is 0 Å². The number of unbranched alkanes of at least 4 members (excludes halogenated alkanes) is 16. The van der Waals surface area contributed by atoms with E-state index in [0.29, 0.717) is 19.3 Å². The first kappa shape index (κ1) is 57.1. The maximum absolute atomic E-state index is 12.7. The number of carbonyl (C=O) groups excluding carboxylic acids is 3. The molecule has 0 rings (SSSR count). The van der Waals surface area contributed by atoms with Gasteiger partial charge in [-0.3, -0.25) is 14.4 Å². The SMILES string of the molecule is CC/C=C/C=C/C=C/C=C/CCCCCC(=O)OC(COC(=O)CCC/C=C/C/C=C/C/C=C/C/C=C/C/C=C/CC)COC(=O)CCCCCCCCCCCCCCC. The molecule has 0 saturated heterocycles. The predicted molar refractivity (Wildman–Crippen MR) is 260 cm³/mol. The molecule has 0 bridgehead atoms. The Hall–Kier alpha value is -3.93. The van der Waals surface area contributed by atoms with Gasteiger partial charge in [0.25, 0.3) is 0 Å². The maximum Gasteiger partial charge on any atom is 0.306 e. The smallest absolute Gasteiger partial charge is 0.306 e. The van der Waals surface area contributed by atoms with Crippen molar-refractivity contribution in [3.05, 3.63) is 109 Å². The Balaban J connectivity index is 4.54. The summed E-state index contributed by atoms with van der Waals surface area (Å²) in [4.78, 5) is 37.9. The zero-order valence-corrected chi connectivity index (χ0v) is 39.1. The molecule has 0 N–H and O–H groups in total. The summed E-state index contributed by atoms with van der Waals surface area (Å²) in [6.07, 6.45) is 65.0. The van der Waals surface area contributed by atoms with Crippen molar-refractivity contribution in [1.82, 2.24) is 0 Å². The van der Waals surface area contributed by atoms with E-state index in [1.165, 1.54) is 64.2 Å². The van der Waals surface area contributed by atoms with Gasteiger partial charge >= 0.3 is 17.9 Å². The lowest BCUT2D eigenvalue weighted by Crippen LogP contribution is -2.30. The van der Waals surface area contributed by atoms with E-state index in [0.717, 1.165) is 83.5 Å². The molecule has 6 heteroatoms. The summed E-state index contributed by atoms with van der Waals surface area (Å²) in [7, 11) is 0. The zero-order valence-electron chi connectivity index (χ0n) is 39.1. The molecule has 0 aromatic rings. The predicted octanol–water partition coefficient (Wildman–Crippen LogP) is 16.0. The van der Waals surface area contributed by atoms with Crippen molar-refractivity contribution >= 4 is 17.9 Å². The largest absolute Gasteiger partial charge is 0.462 e. The molecule has 0 amide bonds. The Morgan fingerprint density at radius 2 is 0.738 bits per heavy atom. The lowest BCUT2D eigenvalue weighted by atomic mass is 10.0. The molecule has 0 spiro atoms. The molecule has 1 unspecified atom stereocenters. The van der Waals surface area contributed by atoms with Crippen molar-refractivity contribution in [1.29, 1.82) is 0 Å². The summed E-state index contributed by atoms with van der Waals surface area (Å²) in [5, 5.41) is 0. The van der Waals surface area contributed by atoms with Crippen molar-refractivity contribution in [3.63, 3.8) is 0 Å². The van der Waals surface area contributed by atoms with Crippen LogP contribution in [0.1, 0.15) is 201 Å². The average Bonchev–Trinajstić information content (AvgIpc) is 3.26. The van der Waals surface area contributed by atoms with Crippen LogP contribution in [0.5, 0.6) is 0 Å². The molecule has 61 heavy (non-hydrogen) atoms. The van der Waals surface area contributed by atoms with Crippen molar-refractivity contribution in [2.45, 2.75) is 207 Å². The summed E-state index contributed by atoms with van der Waals surface area (Å²) < 4.78 is 16.7. The fourth-order valence-electron chi connectivity index (χ4n) is 6.25. The van der Waals surface area contributed by atoms with Crippen LogP contribution < -0.4 is 0 Å². The molecule has 0 heterocycles. The molecule has 344 valence electrons. The minimum Gasteiger partial charge on any atom is -0.462 e. The molecule has 6 nitrogen and oxygen atoms in total. The first-order valence-corrected chi connectivity index (χ1v) is 24.4. The van der Waals surface area contributed by atoms with E-state index in [2.05, 4.69) is 93.7 Å². The fourth-order valence-corrected chi connectivity index (χ4v) is 6.25. The van der Waals surface area contributed by atoms with E-state index in [-0.39, 0.29) is 44.0 Å². The standard InChI is InChI=1S/C55H88O6/c1-4-7-10-13-16-19-22-25-26-27-28-31-33-36-39-42-45-48-54(57)60-51-52(61-55(58)49-46-43-40-37-34-30-24-21-18-15-12-9-6-3)50-59-53(56)47-44-41-38-35-32-29-23-20-17-14-11-8-5-2/h7,9-10,12,15-16,18-19,21,24-26,28,30-31,34,36,39,52H,4-6,8,11,13-14,17,20,22-23,27,29,32-33,35,37-38,40-51H2,1-3H3/b10-7+,12-9+,18-15+,19-16+,24-21+,26-25+,31-28+,34-30+,39-36+. The molecule has 0 aliphatic carbocycles. The molecule has 0 fully saturated rings. The lowest BCUT2D eigenvalue weighted by molar-refractivity contribution is -0.167. The van der Waals surface area contributed by atoms with Gasteiger partial charge in [0.15, 0.2) is 6.10 Å².